The van der Waals surface area contributed by atoms with E-state index in [1.165, 1.54) is 12.8 Å². The number of amides is 1. The third kappa shape index (κ3) is 3.45. The molecular formula is C14H26N2O2. The molecule has 2 aliphatic carbocycles. The van der Waals surface area contributed by atoms with E-state index in [1.807, 2.05) is 0 Å². The van der Waals surface area contributed by atoms with Crippen molar-refractivity contribution in [2.45, 2.75) is 69.6 Å². The molecule has 4 atom stereocenters. The fraction of sp³-hybridized carbons (Fsp3) is 0.929. The van der Waals surface area contributed by atoms with Crippen LogP contribution in [0.4, 0.5) is 0 Å². The van der Waals surface area contributed by atoms with Gasteiger partial charge in [0.25, 0.3) is 0 Å². The molecular weight excluding hydrogens is 228 g/mol. The first kappa shape index (κ1) is 13.8. The molecule has 0 spiro atoms. The Kier molecular flexibility index (Phi) is 5.01. The first-order chi connectivity index (χ1) is 8.70. The first-order valence-electron chi connectivity index (χ1n) is 7.28. The number of carbonyl (C=O) groups excluding carboxylic acids is 1. The second kappa shape index (κ2) is 6.53. The zero-order valence-electron chi connectivity index (χ0n) is 11.4. The van der Waals surface area contributed by atoms with E-state index in [2.05, 4.69) is 5.32 Å². The van der Waals surface area contributed by atoms with Gasteiger partial charge >= 0.3 is 0 Å². The van der Waals surface area contributed by atoms with Crippen LogP contribution in [-0.4, -0.2) is 31.2 Å². The lowest BCUT2D eigenvalue weighted by Crippen LogP contribution is -2.43. The summed E-state index contributed by atoms with van der Waals surface area (Å²) in [7, 11) is 1.73. The first-order valence-corrected chi connectivity index (χ1v) is 7.28. The van der Waals surface area contributed by atoms with Crippen molar-refractivity contribution >= 4 is 5.91 Å². The minimum Gasteiger partial charge on any atom is -0.379 e. The summed E-state index contributed by atoms with van der Waals surface area (Å²) in [5.74, 6) is 0.535. The number of hydrogen-bond donors (Lipinski definition) is 2. The van der Waals surface area contributed by atoms with Crippen molar-refractivity contribution in [3.05, 3.63) is 0 Å². The molecule has 0 bridgehead atoms. The van der Waals surface area contributed by atoms with Gasteiger partial charge in [0, 0.05) is 19.6 Å². The molecule has 2 rings (SSSR count). The van der Waals surface area contributed by atoms with Crippen molar-refractivity contribution in [2.75, 3.05) is 7.11 Å². The lowest BCUT2D eigenvalue weighted by atomic mass is 9.83. The highest BCUT2D eigenvalue weighted by molar-refractivity contribution is 5.76. The molecule has 0 aromatic heterocycles. The maximum Gasteiger partial charge on any atom is 0.220 e. The summed E-state index contributed by atoms with van der Waals surface area (Å²) < 4.78 is 5.40. The van der Waals surface area contributed by atoms with E-state index < -0.39 is 0 Å². The van der Waals surface area contributed by atoms with Crippen LogP contribution in [0, 0.1) is 5.92 Å². The second-order valence-electron chi connectivity index (χ2n) is 5.79. The summed E-state index contributed by atoms with van der Waals surface area (Å²) in [6.07, 6.45) is 8.65. The highest BCUT2D eigenvalue weighted by Crippen LogP contribution is 2.26. The van der Waals surface area contributed by atoms with E-state index in [0.717, 1.165) is 32.1 Å². The monoisotopic (exact) mass is 254 g/mol. The van der Waals surface area contributed by atoms with Crippen LogP contribution in [0.15, 0.2) is 0 Å². The minimum absolute atomic E-state index is 0.159. The molecule has 0 aliphatic heterocycles. The van der Waals surface area contributed by atoms with Crippen LogP contribution in [0.2, 0.25) is 0 Å². The summed E-state index contributed by atoms with van der Waals surface area (Å²) in [5.41, 5.74) is 6.08. The lowest BCUT2D eigenvalue weighted by Gasteiger charge is -2.29. The van der Waals surface area contributed by atoms with Gasteiger partial charge in [-0.2, -0.15) is 0 Å². The molecule has 2 fully saturated rings. The maximum absolute atomic E-state index is 12.1. The summed E-state index contributed by atoms with van der Waals surface area (Å²) in [4.78, 5) is 12.1. The Morgan fingerprint density at radius 1 is 1.22 bits per heavy atom. The second-order valence-corrected chi connectivity index (χ2v) is 5.79. The Balaban J connectivity index is 1.77. The summed E-state index contributed by atoms with van der Waals surface area (Å²) in [5, 5.41) is 3.13. The Morgan fingerprint density at radius 2 is 2.00 bits per heavy atom. The highest BCUT2D eigenvalue weighted by atomic mass is 16.5. The molecule has 0 radical (unpaired) electrons. The smallest absolute Gasteiger partial charge is 0.220 e. The zero-order valence-corrected chi connectivity index (χ0v) is 11.4. The van der Waals surface area contributed by atoms with E-state index in [1.54, 1.807) is 7.11 Å². The van der Waals surface area contributed by atoms with E-state index in [9.17, 15) is 4.79 Å². The molecule has 1 amide bonds. The van der Waals surface area contributed by atoms with E-state index in [4.69, 9.17) is 10.5 Å². The molecule has 18 heavy (non-hydrogen) atoms. The third-order valence-corrected chi connectivity index (χ3v) is 4.52. The van der Waals surface area contributed by atoms with Crippen LogP contribution in [0.25, 0.3) is 0 Å². The minimum atomic E-state index is 0.159. The molecule has 4 unspecified atom stereocenters. The molecule has 0 heterocycles. The van der Waals surface area contributed by atoms with Gasteiger partial charge in [0.2, 0.25) is 5.91 Å². The van der Waals surface area contributed by atoms with Crippen LogP contribution in [0.3, 0.4) is 0 Å². The van der Waals surface area contributed by atoms with Gasteiger partial charge in [-0.3, -0.25) is 4.79 Å². The van der Waals surface area contributed by atoms with Crippen molar-refractivity contribution in [2.24, 2.45) is 11.7 Å². The van der Waals surface area contributed by atoms with Gasteiger partial charge in [-0.15, -0.1) is 0 Å². The van der Waals surface area contributed by atoms with Gasteiger partial charge in [-0.05, 0) is 38.0 Å². The van der Waals surface area contributed by atoms with Gasteiger partial charge in [-0.25, -0.2) is 0 Å². The molecule has 4 nitrogen and oxygen atoms in total. The van der Waals surface area contributed by atoms with Crippen LogP contribution in [0.1, 0.15) is 51.4 Å². The molecule has 0 saturated heterocycles. The van der Waals surface area contributed by atoms with Crippen molar-refractivity contribution in [1.29, 1.82) is 0 Å². The van der Waals surface area contributed by atoms with Gasteiger partial charge in [0.1, 0.15) is 0 Å². The zero-order chi connectivity index (χ0) is 13.0. The maximum atomic E-state index is 12.1. The van der Waals surface area contributed by atoms with E-state index in [0.29, 0.717) is 12.3 Å². The van der Waals surface area contributed by atoms with Crippen LogP contribution >= 0.6 is 0 Å². The molecule has 104 valence electrons. The normalized spacial score (nSPS) is 36.6. The quantitative estimate of drug-likeness (QED) is 0.800. The van der Waals surface area contributed by atoms with E-state index in [-0.39, 0.29) is 24.1 Å². The average Bonchev–Trinajstić information content (AvgIpc) is 2.79. The Hall–Kier alpha value is -0.610. The van der Waals surface area contributed by atoms with E-state index >= 15 is 0 Å². The average molecular weight is 254 g/mol. The molecule has 0 aromatic carbocycles. The molecule has 2 saturated carbocycles. The molecule has 4 heteroatoms. The van der Waals surface area contributed by atoms with Gasteiger partial charge in [-0.1, -0.05) is 12.8 Å². The number of nitrogens with one attached hydrogen (secondary N) is 1. The van der Waals surface area contributed by atoms with Crippen molar-refractivity contribution < 1.29 is 9.53 Å². The Bertz CT molecular complexity index is 277. The molecule has 2 aliphatic rings. The Labute approximate surface area is 110 Å². The van der Waals surface area contributed by atoms with Gasteiger partial charge in [0.05, 0.1) is 12.1 Å². The molecule has 0 aromatic rings. The number of rotatable bonds is 4. The predicted molar refractivity (Wildman–Crippen MR) is 71.1 cm³/mol. The summed E-state index contributed by atoms with van der Waals surface area (Å²) >= 11 is 0. The molecule has 3 N–H and O–H groups in total. The number of hydrogen-bond acceptors (Lipinski definition) is 3. The van der Waals surface area contributed by atoms with Crippen molar-refractivity contribution in [3.63, 3.8) is 0 Å². The lowest BCUT2D eigenvalue weighted by molar-refractivity contribution is -0.123. The van der Waals surface area contributed by atoms with Gasteiger partial charge < -0.3 is 15.8 Å². The Morgan fingerprint density at radius 3 is 2.72 bits per heavy atom. The van der Waals surface area contributed by atoms with Crippen molar-refractivity contribution in [1.82, 2.24) is 5.32 Å². The summed E-state index contributed by atoms with van der Waals surface area (Å²) in [6, 6.07) is 0.425. The highest BCUT2D eigenvalue weighted by Gasteiger charge is 2.30. The topological polar surface area (TPSA) is 64.3 Å². The van der Waals surface area contributed by atoms with Crippen molar-refractivity contribution in [3.8, 4) is 0 Å². The standard InChI is InChI=1S/C14H26N2O2/c1-18-13-8-4-7-12(13)16-14(17)9-10-5-2-3-6-11(10)15/h10-13H,2-9,15H2,1H3,(H,16,17). The number of carbonyl (C=O) groups is 1. The number of ether oxygens (including phenoxy) is 1. The fourth-order valence-electron chi connectivity index (χ4n) is 3.37. The SMILES string of the molecule is COC1CCCC1NC(=O)CC1CCCCC1N. The summed E-state index contributed by atoms with van der Waals surface area (Å²) in [6.45, 7) is 0. The number of methoxy groups -OCH3 is 1. The largest absolute Gasteiger partial charge is 0.379 e. The predicted octanol–water partition coefficient (Wildman–Crippen LogP) is 1.58. The van der Waals surface area contributed by atoms with Crippen LogP contribution in [-0.2, 0) is 9.53 Å². The van der Waals surface area contributed by atoms with Gasteiger partial charge in [0.15, 0.2) is 0 Å². The fourth-order valence-corrected chi connectivity index (χ4v) is 3.37. The third-order valence-electron chi connectivity index (χ3n) is 4.52. The van der Waals surface area contributed by atoms with Crippen LogP contribution < -0.4 is 11.1 Å². The number of nitrogens with two attached hydrogens (primary N) is 1. The van der Waals surface area contributed by atoms with Crippen LogP contribution in [0.5, 0.6) is 0 Å².